The first-order valence-corrected chi connectivity index (χ1v) is 10.4. The molecule has 1 aliphatic heterocycles. The predicted molar refractivity (Wildman–Crippen MR) is 115 cm³/mol. The van der Waals surface area contributed by atoms with Crippen LogP contribution >= 0.6 is 15.9 Å². The summed E-state index contributed by atoms with van der Waals surface area (Å²) in [6.07, 6.45) is 0. The van der Waals surface area contributed by atoms with E-state index in [4.69, 9.17) is 0 Å². The maximum atomic E-state index is 11.6. The van der Waals surface area contributed by atoms with E-state index in [9.17, 15) is 4.79 Å². The highest BCUT2D eigenvalue weighted by atomic mass is 79.9. The van der Waals surface area contributed by atoms with Crippen LogP contribution in [-0.2, 0) is 4.79 Å². The third-order valence-corrected chi connectivity index (χ3v) is 5.49. The molecule has 1 aromatic carbocycles. The fourth-order valence-electron chi connectivity index (χ4n) is 3.17. The number of guanidine groups is 1. The van der Waals surface area contributed by atoms with Gasteiger partial charge in [-0.1, -0.05) is 41.9 Å². The molecule has 0 saturated carbocycles. The molecule has 1 atom stereocenters. The maximum Gasteiger partial charge on any atom is 0.222 e. The minimum Gasteiger partial charge on any atom is -0.354 e. The Morgan fingerprint density at radius 3 is 2.22 bits per heavy atom. The number of halogens is 1. The van der Waals surface area contributed by atoms with Gasteiger partial charge in [0.1, 0.15) is 0 Å². The lowest BCUT2D eigenvalue weighted by Gasteiger charge is -2.39. The second-order valence-electron chi connectivity index (χ2n) is 7.17. The van der Waals surface area contributed by atoms with Gasteiger partial charge in [-0.15, -0.1) is 0 Å². The van der Waals surface area contributed by atoms with Crippen molar-refractivity contribution in [2.24, 2.45) is 10.9 Å². The number of hydrogen-bond donors (Lipinski definition) is 2. The molecule has 0 radical (unpaired) electrons. The number of aliphatic imine (C=N–C) groups is 1. The number of benzene rings is 1. The molecule has 1 fully saturated rings. The van der Waals surface area contributed by atoms with Crippen molar-refractivity contribution in [1.29, 1.82) is 0 Å². The van der Waals surface area contributed by atoms with E-state index >= 15 is 0 Å². The van der Waals surface area contributed by atoms with Gasteiger partial charge in [-0.3, -0.25) is 14.7 Å². The van der Waals surface area contributed by atoms with Gasteiger partial charge in [-0.05, 0) is 24.6 Å². The SMILES string of the molecule is CN=C(NCCNC(=O)C(C)C)N1CCN(C(C)c2ccc(Br)cc2)CC1. The van der Waals surface area contributed by atoms with Crippen LogP contribution in [0.25, 0.3) is 0 Å². The molecule has 0 bridgehead atoms. The van der Waals surface area contributed by atoms with E-state index in [0.717, 1.165) is 36.6 Å². The quantitative estimate of drug-likeness (QED) is 0.407. The van der Waals surface area contributed by atoms with Crippen LogP contribution in [0.2, 0.25) is 0 Å². The summed E-state index contributed by atoms with van der Waals surface area (Å²) in [5.74, 6) is 1.01. The average Bonchev–Trinajstić information content (AvgIpc) is 2.68. The molecule has 27 heavy (non-hydrogen) atoms. The zero-order chi connectivity index (χ0) is 19.8. The average molecular weight is 438 g/mol. The summed E-state index contributed by atoms with van der Waals surface area (Å²) in [4.78, 5) is 20.8. The fraction of sp³-hybridized carbons (Fsp3) is 0.600. The number of rotatable bonds is 6. The second-order valence-corrected chi connectivity index (χ2v) is 8.09. The minimum absolute atomic E-state index is 0.0186. The summed E-state index contributed by atoms with van der Waals surface area (Å²) in [5.41, 5.74) is 1.34. The van der Waals surface area contributed by atoms with Crippen molar-refractivity contribution in [3.05, 3.63) is 34.3 Å². The number of nitrogens with one attached hydrogen (secondary N) is 2. The topological polar surface area (TPSA) is 60.0 Å². The van der Waals surface area contributed by atoms with Crippen molar-refractivity contribution in [3.8, 4) is 0 Å². The largest absolute Gasteiger partial charge is 0.354 e. The van der Waals surface area contributed by atoms with Crippen LogP contribution in [-0.4, -0.2) is 68.0 Å². The summed E-state index contributed by atoms with van der Waals surface area (Å²) >= 11 is 3.50. The maximum absolute atomic E-state index is 11.6. The lowest BCUT2D eigenvalue weighted by molar-refractivity contribution is -0.123. The standard InChI is InChI=1S/C20H32BrN5O/c1-15(2)19(27)23-9-10-24-20(22-4)26-13-11-25(12-14-26)16(3)17-5-7-18(21)8-6-17/h5-8,15-16H,9-14H2,1-4H3,(H,22,24)(H,23,27). The Morgan fingerprint density at radius 1 is 1.07 bits per heavy atom. The molecule has 0 aliphatic carbocycles. The molecule has 2 rings (SSSR count). The monoisotopic (exact) mass is 437 g/mol. The van der Waals surface area contributed by atoms with Crippen molar-refractivity contribution in [2.45, 2.75) is 26.8 Å². The third kappa shape index (κ3) is 6.50. The molecule has 2 N–H and O–H groups in total. The number of nitrogens with zero attached hydrogens (tertiary/aromatic N) is 3. The summed E-state index contributed by atoms with van der Waals surface area (Å²) in [7, 11) is 1.81. The van der Waals surface area contributed by atoms with E-state index in [0.29, 0.717) is 19.1 Å². The van der Waals surface area contributed by atoms with Gasteiger partial charge in [0.25, 0.3) is 0 Å². The first-order valence-electron chi connectivity index (χ1n) is 9.65. The number of carbonyl (C=O) groups excluding carboxylic acids is 1. The zero-order valence-corrected chi connectivity index (χ0v) is 18.4. The van der Waals surface area contributed by atoms with E-state index in [1.807, 2.05) is 20.9 Å². The molecule has 1 amide bonds. The Hall–Kier alpha value is -1.60. The van der Waals surface area contributed by atoms with Crippen molar-refractivity contribution < 1.29 is 4.79 Å². The Kier molecular flexibility index (Phi) is 8.57. The van der Waals surface area contributed by atoms with Crippen molar-refractivity contribution in [2.75, 3.05) is 46.3 Å². The molecule has 1 aromatic rings. The van der Waals surface area contributed by atoms with E-state index < -0.39 is 0 Å². The molecule has 1 saturated heterocycles. The van der Waals surface area contributed by atoms with Gasteiger partial charge < -0.3 is 15.5 Å². The fourth-order valence-corrected chi connectivity index (χ4v) is 3.43. The molecular formula is C20H32BrN5O. The molecular weight excluding hydrogens is 406 g/mol. The third-order valence-electron chi connectivity index (χ3n) is 4.96. The molecule has 6 nitrogen and oxygen atoms in total. The van der Waals surface area contributed by atoms with Crippen LogP contribution in [0.5, 0.6) is 0 Å². The Bertz CT molecular complexity index is 624. The van der Waals surface area contributed by atoms with Crippen LogP contribution < -0.4 is 10.6 Å². The summed E-state index contributed by atoms with van der Waals surface area (Å²) in [6, 6.07) is 8.99. The first kappa shape index (κ1) is 21.7. The Labute approximate surface area is 171 Å². The van der Waals surface area contributed by atoms with E-state index in [-0.39, 0.29) is 11.8 Å². The lowest BCUT2D eigenvalue weighted by Crippen LogP contribution is -2.53. The van der Waals surface area contributed by atoms with Crippen LogP contribution in [0.4, 0.5) is 0 Å². The zero-order valence-electron chi connectivity index (χ0n) is 16.8. The molecule has 1 heterocycles. The minimum atomic E-state index is 0.0186. The normalized spacial score (nSPS) is 17.1. The molecule has 1 aliphatic rings. The van der Waals surface area contributed by atoms with Gasteiger partial charge in [-0.2, -0.15) is 0 Å². The molecule has 1 unspecified atom stereocenters. The first-order chi connectivity index (χ1) is 12.9. The van der Waals surface area contributed by atoms with Crippen molar-refractivity contribution in [3.63, 3.8) is 0 Å². The number of amides is 1. The molecule has 0 aromatic heterocycles. The summed E-state index contributed by atoms with van der Waals surface area (Å²) in [6.45, 7) is 11.2. The Balaban J connectivity index is 1.77. The number of hydrogen-bond acceptors (Lipinski definition) is 3. The lowest BCUT2D eigenvalue weighted by atomic mass is 10.1. The van der Waals surface area contributed by atoms with Gasteiger partial charge in [-0.25, -0.2) is 0 Å². The van der Waals surface area contributed by atoms with Crippen LogP contribution in [0.15, 0.2) is 33.7 Å². The van der Waals surface area contributed by atoms with Crippen molar-refractivity contribution >= 4 is 27.8 Å². The van der Waals surface area contributed by atoms with E-state index in [1.165, 1.54) is 5.56 Å². The Morgan fingerprint density at radius 2 is 1.67 bits per heavy atom. The second kappa shape index (κ2) is 10.7. The van der Waals surface area contributed by atoms with Gasteiger partial charge in [0, 0.05) is 62.7 Å². The highest BCUT2D eigenvalue weighted by Crippen LogP contribution is 2.23. The smallest absolute Gasteiger partial charge is 0.222 e. The van der Waals surface area contributed by atoms with Crippen LogP contribution in [0.3, 0.4) is 0 Å². The van der Waals surface area contributed by atoms with Gasteiger partial charge in [0.2, 0.25) is 5.91 Å². The van der Waals surface area contributed by atoms with Gasteiger partial charge >= 0.3 is 0 Å². The van der Waals surface area contributed by atoms with Gasteiger partial charge in [0.05, 0.1) is 0 Å². The van der Waals surface area contributed by atoms with Crippen LogP contribution in [0.1, 0.15) is 32.4 Å². The highest BCUT2D eigenvalue weighted by Gasteiger charge is 2.23. The van der Waals surface area contributed by atoms with E-state index in [2.05, 4.69) is 72.5 Å². The highest BCUT2D eigenvalue weighted by molar-refractivity contribution is 9.10. The summed E-state index contributed by atoms with van der Waals surface area (Å²) < 4.78 is 1.11. The van der Waals surface area contributed by atoms with Crippen LogP contribution in [0, 0.1) is 5.92 Å². The molecule has 0 spiro atoms. The molecule has 7 heteroatoms. The molecule has 150 valence electrons. The van der Waals surface area contributed by atoms with Crippen molar-refractivity contribution in [1.82, 2.24) is 20.4 Å². The number of carbonyl (C=O) groups is 1. The van der Waals surface area contributed by atoms with Gasteiger partial charge in [0.15, 0.2) is 5.96 Å². The number of piperazine rings is 1. The van der Waals surface area contributed by atoms with E-state index in [1.54, 1.807) is 0 Å². The predicted octanol–water partition coefficient (Wildman–Crippen LogP) is 2.48. The summed E-state index contributed by atoms with van der Waals surface area (Å²) in [5, 5.41) is 6.27.